The number of nitrogens with one attached hydrogen (secondary N) is 1. The molecule has 1 fully saturated rings. The van der Waals surface area contributed by atoms with Crippen molar-refractivity contribution in [1.29, 1.82) is 0 Å². The monoisotopic (exact) mass is 326 g/mol. The lowest BCUT2D eigenvalue weighted by molar-refractivity contribution is 0.425. The Labute approximate surface area is 124 Å². The Balaban J connectivity index is 2.14. The van der Waals surface area contributed by atoms with Gasteiger partial charge in [-0.25, -0.2) is 9.97 Å². The molecule has 0 bridgehead atoms. The summed E-state index contributed by atoms with van der Waals surface area (Å²) in [5, 5.41) is 3.34. The first-order chi connectivity index (χ1) is 9.24. The zero-order chi connectivity index (χ0) is 13.7. The predicted molar refractivity (Wildman–Crippen MR) is 83.8 cm³/mol. The van der Waals surface area contributed by atoms with E-state index in [0.717, 1.165) is 29.1 Å². The maximum atomic E-state index is 4.45. The van der Waals surface area contributed by atoms with Crippen LogP contribution in [0.1, 0.15) is 45.4 Å². The van der Waals surface area contributed by atoms with E-state index in [-0.39, 0.29) is 0 Å². The van der Waals surface area contributed by atoms with Crippen LogP contribution >= 0.6 is 15.9 Å². The number of rotatable bonds is 5. The van der Waals surface area contributed by atoms with Crippen molar-refractivity contribution in [2.75, 3.05) is 23.8 Å². The van der Waals surface area contributed by atoms with Crippen LogP contribution in [0.15, 0.2) is 10.8 Å². The molecule has 1 aliphatic rings. The molecule has 0 unspecified atom stereocenters. The van der Waals surface area contributed by atoms with Crippen molar-refractivity contribution in [2.45, 2.75) is 51.5 Å². The molecule has 2 rings (SSSR count). The Morgan fingerprint density at radius 3 is 2.74 bits per heavy atom. The molecule has 0 aliphatic heterocycles. The Morgan fingerprint density at radius 2 is 2.05 bits per heavy atom. The Hall–Kier alpha value is -0.840. The van der Waals surface area contributed by atoms with Crippen molar-refractivity contribution in [1.82, 2.24) is 9.97 Å². The van der Waals surface area contributed by atoms with E-state index in [1.807, 2.05) is 0 Å². The first-order valence-electron chi connectivity index (χ1n) is 7.21. The fourth-order valence-corrected chi connectivity index (χ4v) is 3.24. The maximum absolute atomic E-state index is 4.45. The molecule has 1 N–H and O–H groups in total. The fourth-order valence-electron chi connectivity index (χ4n) is 2.61. The molecule has 0 spiro atoms. The van der Waals surface area contributed by atoms with Gasteiger partial charge in [-0.05, 0) is 35.2 Å². The van der Waals surface area contributed by atoms with E-state index < -0.39 is 0 Å². The number of anilines is 2. The quantitative estimate of drug-likeness (QED) is 0.892. The number of aromatic nitrogens is 2. The first-order valence-corrected chi connectivity index (χ1v) is 8.00. The Morgan fingerprint density at radius 1 is 1.32 bits per heavy atom. The van der Waals surface area contributed by atoms with Gasteiger partial charge in [0, 0.05) is 19.6 Å². The highest BCUT2D eigenvalue weighted by Gasteiger charge is 2.22. The molecular formula is C14H23BrN4. The summed E-state index contributed by atoms with van der Waals surface area (Å²) in [4.78, 5) is 11.1. The van der Waals surface area contributed by atoms with Crippen LogP contribution in [0.5, 0.6) is 0 Å². The molecule has 19 heavy (non-hydrogen) atoms. The third-order valence-electron chi connectivity index (χ3n) is 3.77. The van der Waals surface area contributed by atoms with Crippen LogP contribution in [0.4, 0.5) is 11.6 Å². The summed E-state index contributed by atoms with van der Waals surface area (Å²) in [6.45, 7) is 3.08. The third kappa shape index (κ3) is 3.59. The predicted octanol–water partition coefficient (Wildman–Crippen LogP) is 3.83. The standard InChI is InChI=1S/C14H23BrN4/c1-3-9-16-13-12(15)14(18-10-17-13)19(2)11-7-5-4-6-8-11/h10-11H,3-9H2,1-2H3,(H,16,17,18). The molecule has 1 aromatic rings. The molecular weight excluding hydrogens is 304 g/mol. The molecule has 5 heteroatoms. The van der Waals surface area contributed by atoms with Gasteiger partial charge in [0.15, 0.2) is 0 Å². The SMILES string of the molecule is CCCNc1ncnc(N(C)C2CCCCC2)c1Br. The van der Waals surface area contributed by atoms with Crippen molar-refractivity contribution in [2.24, 2.45) is 0 Å². The molecule has 0 aromatic carbocycles. The number of halogens is 1. The van der Waals surface area contributed by atoms with Crippen LogP contribution < -0.4 is 10.2 Å². The van der Waals surface area contributed by atoms with Crippen LogP contribution in [0, 0.1) is 0 Å². The van der Waals surface area contributed by atoms with E-state index in [0.29, 0.717) is 6.04 Å². The van der Waals surface area contributed by atoms with Gasteiger partial charge >= 0.3 is 0 Å². The molecule has 0 radical (unpaired) electrons. The topological polar surface area (TPSA) is 41.1 Å². The normalized spacial score (nSPS) is 16.4. The minimum absolute atomic E-state index is 0.610. The largest absolute Gasteiger partial charge is 0.369 e. The van der Waals surface area contributed by atoms with Crippen molar-refractivity contribution >= 4 is 27.6 Å². The third-order valence-corrected chi connectivity index (χ3v) is 4.50. The van der Waals surface area contributed by atoms with Crippen molar-refractivity contribution < 1.29 is 0 Å². The summed E-state index contributed by atoms with van der Waals surface area (Å²) in [5.74, 6) is 1.90. The molecule has 1 aliphatic carbocycles. The van der Waals surface area contributed by atoms with E-state index in [2.05, 4.69) is 50.1 Å². The van der Waals surface area contributed by atoms with Gasteiger partial charge in [-0.1, -0.05) is 26.2 Å². The summed E-state index contributed by atoms with van der Waals surface area (Å²) < 4.78 is 0.983. The van der Waals surface area contributed by atoms with Crippen molar-refractivity contribution in [3.8, 4) is 0 Å². The second-order valence-electron chi connectivity index (χ2n) is 5.19. The highest BCUT2D eigenvalue weighted by atomic mass is 79.9. The summed E-state index contributed by atoms with van der Waals surface area (Å²) in [6.07, 6.45) is 9.31. The molecule has 1 saturated carbocycles. The molecule has 1 aromatic heterocycles. The number of nitrogens with zero attached hydrogens (tertiary/aromatic N) is 3. The van der Waals surface area contributed by atoms with E-state index in [1.54, 1.807) is 6.33 Å². The lowest BCUT2D eigenvalue weighted by Crippen LogP contribution is -2.34. The second kappa shape index (κ2) is 7.08. The van der Waals surface area contributed by atoms with Crippen LogP contribution in [0.2, 0.25) is 0 Å². The maximum Gasteiger partial charge on any atom is 0.148 e. The molecule has 4 nitrogen and oxygen atoms in total. The summed E-state index contributed by atoms with van der Waals surface area (Å²) in [6, 6.07) is 0.610. The molecule has 0 atom stereocenters. The van der Waals surface area contributed by atoms with Crippen molar-refractivity contribution in [3.63, 3.8) is 0 Å². The van der Waals surface area contributed by atoms with E-state index >= 15 is 0 Å². The van der Waals surface area contributed by atoms with Crippen LogP contribution in [0.3, 0.4) is 0 Å². The van der Waals surface area contributed by atoms with E-state index in [4.69, 9.17) is 0 Å². The van der Waals surface area contributed by atoms with Gasteiger partial charge in [-0.2, -0.15) is 0 Å². The average Bonchev–Trinajstić information content (AvgIpc) is 2.46. The lowest BCUT2D eigenvalue weighted by atomic mass is 9.94. The van der Waals surface area contributed by atoms with Gasteiger partial charge in [0.2, 0.25) is 0 Å². The summed E-state index contributed by atoms with van der Waals surface area (Å²) in [5.41, 5.74) is 0. The summed E-state index contributed by atoms with van der Waals surface area (Å²) in [7, 11) is 2.15. The minimum Gasteiger partial charge on any atom is -0.369 e. The average molecular weight is 327 g/mol. The first kappa shape index (κ1) is 14.6. The fraction of sp³-hybridized carbons (Fsp3) is 0.714. The van der Waals surface area contributed by atoms with E-state index in [9.17, 15) is 0 Å². The number of hydrogen-bond donors (Lipinski definition) is 1. The zero-order valence-corrected chi connectivity index (χ0v) is 13.4. The second-order valence-corrected chi connectivity index (χ2v) is 5.98. The molecule has 0 amide bonds. The smallest absolute Gasteiger partial charge is 0.148 e. The lowest BCUT2D eigenvalue weighted by Gasteiger charge is -2.32. The van der Waals surface area contributed by atoms with Gasteiger partial charge in [0.1, 0.15) is 22.4 Å². The Bertz CT molecular complexity index is 404. The van der Waals surface area contributed by atoms with Gasteiger partial charge in [0.05, 0.1) is 0 Å². The highest BCUT2D eigenvalue weighted by Crippen LogP contribution is 2.32. The molecule has 0 saturated heterocycles. The Kier molecular flexibility index (Phi) is 5.43. The van der Waals surface area contributed by atoms with Gasteiger partial charge in [-0.15, -0.1) is 0 Å². The van der Waals surface area contributed by atoms with Crippen LogP contribution in [0.25, 0.3) is 0 Å². The number of hydrogen-bond acceptors (Lipinski definition) is 4. The minimum atomic E-state index is 0.610. The van der Waals surface area contributed by atoms with Gasteiger partial charge < -0.3 is 10.2 Å². The van der Waals surface area contributed by atoms with Gasteiger partial charge in [-0.3, -0.25) is 0 Å². The zero-order valence-electron chi connectivity index (χ0n) is 11.8. The molecule has 106 valence electrons. The molecule has 1 heterocycles. The van der Waals surface area contributed by atoms with E-state index in [1.165, 1.54) is 32.1 Å². The highest BCUT2D eigenvalue weighted by molar-refractivity contribution is 9.10. The van der Waals surface area contributed by atoms with Crippen LogP contribution in [-0.2, 0) is 0 Å². The van der Waals surface area contributed by atoms with Crippen LogP contribution in [-0.4, -0.2) is 29.6 Å². The summed E-state index contributed by atoms with van der Waals surface area (Å²) >= 11 is 3.65. The van der Waals surface area contributed by atoms with Crippen molar-refractivity contribution in [3.05, 3.63) is 10.8 Å². The van der Waals surface area contributed by atoms with Gasteiger partial charge in [0.25, 0.3) is 0 Å².